The maximum absolute atomic E-state index is 14.7. The number of hydrogen-bond acceptors (Lipinski definition) is 12. The molecule has 0 N–H and O–H groups in total. The van der Waals surface area contributed by atoms with Crippen LogP contribution in [0.15, 0.2) is 0 Å². The normalized spacial score (nSPS) is 16.6. The molecule has 0 amide bonds. The van der Waals surface area contributed by atoms with E-state index in [1.807, 2.05) is 0 Å². The van der Waals surface area contributed by atoms with Crippen LogP contribution < -0.4 is 0 Å². The molecule has 1 fully saturated rings. The first-order valence-corrected chi connectivity index (χ1v) is 45.2. The standard InChI is InChI=1S/C90H168O12/c1-7-13-19-25-31-37-43-49-55-61-67-73-79(91)97-85-86(98-80(92)74-68-62-56-50-44-38-32-26-20-14-8-2)88(100-82(94)76-70-64-58-52-46-40-34-28-22-16-10-4)90(102-84(96)78-72-66-60-54-48-42-36-30-24-18-12-6)89(101-83(95)77-71-65-59-53-47-41-35-29-23-17-11-5)87(85)99-81(93)75-69-63-57-51-45-39-33-27-21-15-9-3/h85-90H,7-78H2,1-6H3. The van der Waals surface area contributed by atoms with Gasteiger partial charge in [-0.3, -0.25) is 28.8 Å². The molecule has 12 nitrogen and oxygen atoms in total. The molecule has 0 aromatic heterocycles. The molecule has 1 saturated carbocycles. The van der Waals surface area contributed by atoms with Gasteiger partial charge in [0, 0.05) is 38.5 Å². The van der Waals surface area contributed by atoms with E-state index in [2.05, 4.69) is 41.5 Å². The van der Waals surface area contributed by atoms with E-state index >= 15 is 0 Å². The Kier molecular flexibility index (Phi) is 70.9. The molecule has 1 aliphatic carbocycles. The molecule has 600 valence electrons. The van der Waals surface area contributed by atoms with Crippen molar-refractivity contribution in [3.63, 3.8) is 0 Å². The summed E-state index contributed by atoms with van der Waals surface area (Å²) in [6.45, 7) is 13.5. The Morgan fingerprint density at radius 3 is 0.304 bits per heavy atom. The van der Waals surface area contributed by atoms with Gasteiger partial charge in [0.2, 0.25) is 0 Å². The molecule has 0 atom stereocenters. The number of rotatable bonds is 78. The van der Waals surface area contributed by atoms with E-state index in [1.165, 1.54) is 231 Å². The molecule has 12 heteroatoms. The predicted molar refractivity (Wildman–Crippen MR) is 426 cm³/mol. The van der Waals surface area contributed by atoms with E-state index in [0.717, 1.165) is 154 Å². The fraction of sp³-hybridized carbons (Fsp3) is 0.933. The minimum absolute atomic E-state index is 0.0519. The summed E-state index contributed by atoms with van der Waals surface area (Å²) in [6, 6.07) is 0. The topological polar surface area (TPSA) is 158 Å². The van der Waals surface area contributed by atoms with Gasteiger partial charge in [0.05, 0.1) is 0 Å². The maximum atomic E-state index is 14.7. The first-order valence-electron chi connectivity index (χ1n) is 45.2. The van der Waals surface area contributed by atoms with Crippen molar-refractivity contribution < 1.29 is 57.2 Å². The number of ether oxygens (including phenoxy) is 6. The Morgan fingerprint density at radius 2 is 0.216 bits per heavy atom. The molecule has 1 rings (SSSR count). The number of unbranched alkanes of at least 4 members (excludes halogenated alkanes) is 60. The maximum Gasteiger partial charge on any atom is 0.306 e. The van der Waals surface area contributed by atoms with E-state index in [9.17, 15) is 28.8 Å². The monoisotopic (exact) mass is 1440 g/mol. The van der Waals surface area contributed by atoms with E-state index in [-0.39, 0.29) is 38.5 Å². The molecular weight excluding hydrogens is 1270 g/mol. The Balaban J connectivity index is 3.92. The second-order valence-electron chi connectivity index (χ2n) is 31.4. The van der Waals surface area contributed by atoms with Crippen molar-refractivity contribution in [3.05, 3.63) is 0 Å². The molecule has 0 bridgehead atoms. The zero-order chi connectivity index (χ0) is 74.1. The molecular formula is C90H168O12. The van der Waals surface area contributed by atoms with E-state index in [1.54, 1.807) is 0 Å². The van der Waals surface area contributed by atoms with Gasteiger partial charge in [-0.15, -0.1) is 0 Å². The van der Waals surface area contributed by atoms with Crippen LogP contribution in [0.3, 0.4) is 0 Å². The zero-order valence-corrected chi connectivity index (χ0v) is 68.3. The molecule has 0 unspecified atom stereocenters. The first kappa shape index (κ1) is 96.8. The summed E-state index contributed by atoms with van der Waals surface area (Å²) in [4.78, 5) is 87.9. The third-order valence-electron chi connectivity index (χ3n) is 21.5. The summed E-state index contributed by atoms with van der Waals surface area (Å²) in [5.41, 5.74) is 0. The summed E-state index contributed by atoms with van der Waals surface area (Å²) >= 11 is 0. The van der Waals surface area contributed by atoms with Crippen molar-refractivity contribution in [3.8, 4) is 0 Å². The zero-order valence-electron chi connectivity index (χ0n) is 68.3. The van der Waals surface area contributed by atoms with Crippen LogP contribution in [0.1, 0.15) is 504 Å². The van der Waals surface area contributed by atoms with Crippen LogP contribution in [0, 0.1) is 0 Å². The lowest BCUT2D eigenvalue weighted by Crippen LogP contribution is -2.69. The summed E-state index contributed by atoms with van der Waals surface area (Å²) in [7, 11) is 0. The summed E-state index contributed by atoms with van der Waals surface area (Å²) < 4.78 is 39.5. The number of esters is 6. The Morgan fingerprint density at radius 1 is 0.137 bits per heavy atom. The van der Waals surface area contributed by atoms with Gasteiger partial charge >= 0.3 is 35.8 Å². The molecule has 0 saturated heterocycles. The van der Waals surface area contributed by atoms with Gasteiger partial charge in [-0.05, 0) is 38.5 Å². The van der Waals surface area contributed by atoms with Gasteiger partial charge in [-0.25, -0.2) is 0 Å². The van der Waals surface area contributed by atoms with E-state index < -0.39 is 72.4 Å². The second kappa shape index (κ2) is 74.7. The highest BCUT2D eigenvalue weighted by molar-refractivity contribution is 5.74. The lowest BCUT2D eigenvalue weighted by Gasteiger charge is -2.47. The lowest BCUT2D eigenvalue weighted by molar-refractivity contribution is -0.262. The van der Waals surface area contributed by atoms with Crippen LogP contribution in [-0.4, -0.2) is 72.4 Å². The molecule has 0 radical (unpaired) electrons. The number of hydrogen-bond donors (Lipinski definition) is 0. The van der Waals surface area contributed by atoms with Crippen molar-refractivity contribution in [1.82, 2.24) is 0 Å². The minimum Gasteiger partial charge on any atom is -0.454 e. The van der Waals surface area contributed by atoms with Gasteiger partial charge in [0.25, 0.3) is 0 Å². The second-order valence-corrected chi connectivity index (χ2v) is 31.4. The van der Waals surface area contributed by atoms with Crippen molar-refractivity contribution in [2.45, 2.75) is 540 Å². The lowest BCUT2D eigenvalue weighted by atomic mass is 9.83. The molecule has 0 aromatic rings. The van der Waals surface area contributed by atoms with Crippen LogP contribution in [-0.2, 0) is 57.2 Å². The molecule has 102 heavy (non-hydrogen) atoms. The number of carbonyl (C=O) groups is 6. The minimum atomic E-state index is -1.56. The van der Waals surface area contributed by atoms with Gasteiger partial charge in [-0.2, -0.15) is 0 Å². The largest absolute Gasteiger partial charge is 0.454 e. The third kappa shape index (κ3) is 58.9. The Hall–Kier alpha value is -3.18. The number of carbonyl (C=O) groups excluding carboxylic acids is 6. The SMILES string of the molecule is CCCCCCCCCCCCCC(=O)OC1C(OC(=O)CCCCCCCCCCCCC)C(OC(=O)CCCCCCCCCCCCC)C(OC(=O)CCCCCCCCCCCCC)C(OC(=O)CCCCCCCCCCCCC)C1OC(=O)CCCCCCCCCCCCC. The average molecular weight is 1440 g/mol. The van der Waals surface area contributed by atoms with Gasteiger partial charge in [0.1, 0.15) is 0 Å². The van der Waals surface area contributed by atoms with Crippen LogP contribution in [0.2, 0.25) is 0 Å². The van der Waals surface area contributed by atoms with Crippen LogP contribution in [0.5, 0.6) is 0 Å². The van der Waals surface area contributed by atoms with Gasteiger partial charge in [-0.1, -0.05) is 427 Å². The highest BCUT2D eigenvalue weighted by Crippen LogP contribution is 2.37. The highest BCUT2D eigenvalue weighted by atomic mass is 16.7. The highest BCUT2D eigenvalue weighted by Gasteiger charge is 2.61. The Bertz CT molecular complexity index is 1540. The molecule has 0 aromatic carbocycles. The smallest absolute Gasteiger partial charge is 0.306 e. The van der Waals surface area contributed by atoms with Crippen molar-refractivity contribution in [2.24, 2.45) is 0 Å². The fourth-order valence-electron chi connectivity index (χ4n) is 14.8. The van der Waals surface area contributed by atoms with Gasteiger partial charge in [0.15, 0.2) is 36.6 Å². The van der Waals surface area contributed by atoms with Crippen LogP contribution >= 0.6 is 0 Å². The van der Waals surface area contributed by atoms with Crippen molar-refractivity contribution in [2.75, 3.05) is 0 Å². The van der Waals surface area contributed by atoms with Crippen LogP contribution in [0.25, 0.3) is 0 Å². The molecule has 1 aliphatic rings. The van der Waals surface area contributed by atoms with E-state index in [0.29, 0.717) is 38.5 Å². The molecule has 0 spiro atoms. The average Bonchev–Trinajstić information content (AvgIpc) is 0.758. The quantitative estimate of drug-likeness (QED) is 0.0323. The van der Waals surface area contributed by atoms with Crippen molar-refractivity contribution in [1.29, 1.82) is 0 Å². The first-order chi connectivity index (χ1) is 50.1. The van der Waals surface area contributed by atoms with Crippen LogP contribution in [0.4, 0.5) is 0 Å². The summed E-state index contributed by atoms with van der Waals surface area (Å²) in [5.74, 6) is -3.51. The Labute approximate surface area is 630 Å². The predicted octanol–water partition coefficient (Wildman–Crippen LogP) is 27.7. The fourth-order valence-corrected chi connectivity index (χ4v) is 14.8. The van der Waals surface area contributed by atoms with E-state index in [4.69, 9.17) is 28.4 Å². The van der Waals surface area contributed by atoms with Gasteiger partial charge < -0.3 is 28.4 Å². The summed E-state index contributed by atoms with van der Waals surface area (Å²) in [5, 5.41) is 0. The van der Waals surface area contributed by atoms with Crippen molar-refractivity contribution >= 4 is 35.8 Å². The molecule has 0 heterocycles. The summed E-state index contributed by atoms with van der Waals surface area (Å²) in [6.07, 6.45) is 63.6. The molecule has 0 aliphatic heterocycles. The third-order valence-corrected chi connectivity index (χ3v) is 21.5.